The van der Waals surface area contributed by atoms with Crippen LogP contribution in [0.5, 0.6) is 5.88 Å². The first-order valence-electron chi connectivity index (χ1n) is 4.74. The summed E-state index contributed by atoms with van der Waals surface area (Å²) in [4.78, 5) is 9.82. The topological polar surface area (TPSA) is 84.5 Å². The van der Waals surface area contributed by atoms with Gasteiger partial charge in [0, 0.05) is 13.1 Å². The summed E-state index contributed by atoms with van der Waals surface area (Å²) in [7, 11) is 1.50. The molecule has 0 radical (unpaired) electrons. The molecule has 0 aliphatic carbocycles. The first kappa shape index (κ1) is 11.5. The van der Waals surface area contributed by atoms with Crippen LogP contribution in [-0.4, -0.2) is 41.9 Å². The van der Waals surface area contributed by atoms with Gasteiger partial charge in [0.1, 0.15) is 12.0 Å². The molecule has 0 aromatic carbocycles. The second-order valence-corrected chi connectivity index (χ2v) is 2.92. The maximum atomic E-state index is 8.89. The number of aliphatic hydroxyl groups excluding tert-OH is 1. The van der Waals surface area contributed by atoms with Crippen molar-refractivity contribution in [2.24, 2.45) is 0 Å². The summed E-state index contributed by atoms with van der Waals surface area (Å²) < 4.78 is 4.99. The Kier molecular flexibility index (Phi) is 4.11. The molecule has 1 heterocycles. The number of hydrogen-bond acceptors (Lipinski definition) is 6. The van der Waals surface area contributed by atoms with Crippen LogP contribution in [0.25, 0.3) is 0 Å². The number of nitrogens with two attached hydrogens (primary N) is 1. The average Bonchev–Trinajstić information content (AvgIpc) is 2.27. The van der Waals surface area contributed by atoms with E-state index in [-0.39, 0.29) is 6.61 Å². The van der Waals surface area contributed by atoms with Crippen LogP contribution in [0.3, 0.4) is 0 Å². The SMILES string of the molecule is CCN(CCO)c1ncnc(OC)c1N. The van der Waals surface area contributed by atoms with Gasteiger partial charge in [0.25, 0.3) is 0 Å². The Hall–Kier alpha value is -1.56. The quantitative estimate of drug-likeness (QED) is 0.708. The number of nitrogens with zero attached hydrogens (tertiary/aromatic N) is 3. The molecule has 1 aromatic rings. The molecule has 6 nitrogen and oxygen atoms in total. The molecule has 0 aliphatic rings. The van der Waals surface area contributed by atoms with Gasteiger partial charge in [-0.3, -0.25) is 0 Å². The van der Waals surface area contributed by atoms with Gasteiger partial charge in [0.2, 0.25) is 5.88 Å². The number of nitrogen functional groups attached to an aromatic ring is 1. The number of hydrogen-bond donors (Lipinski definition) is 2. The Morgan fingerprint density at radius 3 is 2.80 bits per heavy atom. The summed E-state index contributed by atoms with van der Waals surface area (Å²) in [5.41, 5.74) is 6.23. The molecule has 6 heteroatoms. The fraction of sp³-hybridized carbons (Fsp3) is 0.556. The summed E-state index contributed by atoms with van der Waals surface area (Å²) in [6.07, 6.45) is 1.39. The van der Waals surface area contributed by atoms with Crippen LogP contribution in [0.4, 0.5) is 11.5 Å². The zero-order valence-electron chi connectivity index (χ0n) is 8.97. The van der Waals surface area contributed by atoms with Crippen molar-refractivity contribution in [2.75, 3.05) is 37.4 Å². The maximum Gasteiger partial charge on any atom is 0.242 e. The van der Waals surface area contributed by atoms with E-state index in [1.54, 1.807) is 0 Å². The third-order valence-corrected chi connectivity index (χ3v) is 2.07. The largest absolute Gasteiger partial charge is 0.479 e. The molecule has 3 N–H and O–H groups in total. The lowest BCUT2D eigenvalue weighted by molar-refractivity contribution is 0.302. The molecule has 84 valence electrons. The van der Waals surface area contributed by atoms with Gasteiger partial charge in [-0.15, -0.1) is 0 Å². The second kappa shape index (κ2) is 5.35. The van der Waals surface area contributed by atoms with Crippen molar-refractivity contribution in [3.05, 3.63) is 6.33 Å². The van der Waals surface area contributed by atoms with E-state index < -0.39 is 0 Å². The highest BCUT2D eigenvalue weighted by atomic mass is 16.5. The van der Waals surface area contributed by atoms with E-state index in [1.165, 1.54) is 13.4 Å². The minimum absolute atomic E-state index is 0.0552. The summed E-state index contributed by atoms with van der Waals surface area (Å²) in [5, 5.41) is 8.89. The van der Waals surface area contributed by atoms with E-state index in [4.69, 9.17) is 15.6 Å². The Morgan fingerprint density at radius 2 is 2.27 bits per heavy atom. The lowest BCUT2D eigenvalue weighted by atomic mass is 10.4. The summed E-state index contributed by atoms with van der Waals surface area (Å²) in [5.74, 6) is 0.954. The Labute approximate surface area is 88.7 Å². The third-order valence-electron chi connectivity index (χ3n) is 2.07. The molecular formula is C9H16N4O2. The highest BCUT2D eigenvalue weighted by molar-refractivity contribution is 5.67. The van der Waals surface area contributed by atoms with Gasteiger partial charge in [-0.05, 0) is 6.92 Å². The monoisotopic (exact) mass is 212 g/mol. The molecule has 0 amide bonds. The zero-order valence-corrected chi connectivity index (χ0v) is 8.97. The van der Waals surface area contributed by atoms with Crippen molar-refractivity contribution in [3.63, 3.8) is 0 Å². The van der Waals surface area contributed by atoms with E-state index in [0.29, 0.717) is 30.5 Å². The van der Waals surface area contributed by atoms with Crippen LogP contribution in [0.15, 0.2) is 6.33 Å². The minimum Gasteiger partial charge on any atom is -0.479 e. The highest BCUT2D eigenvalue weighted by Crippen LogP contribution is 2.26. The highest BCUT2D eigenvalue weighted by Gasteiger charge is 2.13. The number of methoxy groups -OCH3 is 1. The second-order valence-electron chi connectivity index (χ2n) is 2.92. The van der Waals surface area contributed by atoms with Crippen LogP contribution >= 0.6 is 0 Å². The molecule has 0 aliphatic heterocycles. The van der Waals surface area contributed by atoms with Gasteiger partial charge in [0.15, 0.2) is 5.82 Å². The molecule has 0 fully saturated rings. The van der Waals surface area contributed by atoms with Crippen molar-refractivity contribution in [2.45, 2.75) is 6.92 Å². The van der Waals surface area contributed by atoms with Gasteiger partial charge < -0.3 is 20.5 Å². The number of aliphatic hydroxyl groups is 1. The molecule has 0 bridgehead atoms. The summed E-state index contributed by atoms with van der Waals surface area (Å²) in [6, 6.07) is 0. The third kappa shape index (κ3) is 2.47. The average molecular weight is 212 g/mol. The minimum atomic E-state index is 0.0552. The van der Waals surface area contributed by atoms with E-state index in [2.05, 4.69) is 9.97 Å². The lowest BCUT2D eigenvalue weighted by Gasteiger charge is -2.22. The van der Waals surface area contributed by atoms with E-state index in [9.17, 15) is 0 Å². The van der Waals surface area contributed by atoms with Crippen LogP contribution < -0.4 is 15.4 Å². The predicted octanol–water partition coefficient (Wildman–Crippen LogP) is -0.114. The number of rotatable bonds is 5. The Morgan fingerprint density at radius 1 is 1.53 bits per heavy atom. The lowest BCUT2D eigenvalue weighted by Crippen LogP contribution is -2.28. The number of anilines is 2. The van der Waals surface area contributed by atoms with Crippen molar-refractivity contribution in [1.29, 1.82) is 0 Å². The number of ether oxygens (including phenoxy) is 1. The fourth-order valence-corrected chi connectivity index (χ4v) is 1.32. The summed E-state index contributed by atoms with van der Waals surface area (Å²) >= 11 is 0. The van der Waals surface area contributed by atoms with Crippen LogP contribution in [0.1, 0.15) is 6.92 Å². The predicted molar refractivity (Wildman–Crippen MR) is 58.0 cm³/mol. The summed E-state index contributed by atoms with van der Waals surface area (Å²) in [6.45, 7) is 3.22. The molecule has 0 saturated carbocycles. The Balaban J connectivity index is 3.01. The normalized spacial score (nSPS) is 10.1. The van der Waals surface area contributed by atoms with Gasteiger partial charge in [-0.1, -0.05) is 0 Å². The molecule has 0 spiro atoms. The van der Waals surface area contributed by atoms with Crippen molar-refractivity contribution >= 4 is 11.5 Å². The molecule has 1 rings (SSSR count). The standard InChI is InChI=1S/C9H16N4O2/c1-3-13(4-5-14)8-7(10)9(15-2)12-6-11-8/h6,14H,3-5,10H2,1-2H3. The maximum absolute atomic E-state index is 8.89. The van der Waals surface area contributed by atoms with Crippen molar-refractivity contribution < 1.29 is 9.84 Å². The first-order chi connectivity index (χ1) is 7.24. The molecule has 1 aromatic heterocycles. The van der Waals surface area contributed by atoms with Crippen molar-refractivity contribution in [1.82, 2.24) is 9.97 Å². The smallest absolute Gasteiger partial charge is 0.242 e. The van der Waals surface area contributed by atoms with E-state index in [0.717, 1.165) is 0 Å². The van der Waals surface area contributed by atoms with Crippen LogP contribution in [0.2, 0.25) is 0 Å². The zero-order chi connectivity index (χ0) is 11.3. The molecule has 0 saturated heterocycles. The van der Waals surface area contributed by atoms with Gasteiger partial charge in [-0.25, -0.2) is 4.98 Å². The molecule has 0 atom stereocenters. The molecule has 0 unspecified atom stereocenters. The fourth-order valence-electron chi connectivity index (χ4n) is 1.32. The van der Waals surface area contributed by atoms with Crippen LogP contribution in [0, 0.1) is 0 Å². The molecule has 15 heavy (non-hydrogen) atoms. The molecular weight excluding hydrogens is 196 g/mol. The van der Waals surface area contributed by atoms with Gasteiger partial charge >= 0.3 is 0 Å². The first-order valence-corrected chi connectivity index (χ1v) is 4.74. The van der Waals surface area contributed by atoms with E-state index in [1.807, 2.05) is 11.8 Å². The Bertz CT molecular complexity index is 319. The number of aromatic nitrogens is 2. The van der Waals surface area contributed by atoms with Gasteiger partial charge in [0.05, 0.1) is 13.7 Å². The van der Waals surface area contributed by atoms with Gasteiger partial charge in [-0.2, -0.15) is 4.98 Å². The van der Waals surface area contributed by atoms with Crippen LogP contribution in [-0.2, 0) is 0 Å². The van der Waals surface area contributed by atoms with E-state index >= 15 is 0 Å². The number of likely N-dealkylation sites (N-methyl/N-ethyl adjacent to an activating group) is 1. The van der Waals surface area contributed by atoms with Crippen molar-refractivity contribution in [3.8, 4) is 5.88 Å².